The molecule has 0 heterocycles. The first-order valence-electron chi connectivity index (χ1n) is 6.76. The van der Waals surface area contributed by atoms with Gasteiger partial charge in [-0.25, -0.2) is 4.39 Å². The van der Waals surface area contributed by atoms with E-state index in [2.05, 4.69) is 10.6 Å². The van der Waals surface area contributed by atoms with Crippen LogP contribution in [0.25, 0.3) is 0 Å². The van der Waals surface area contributed by atoms with Gasteiger partial charge in [0.15, 0.2) is 16.6 Å². The molecule has 2 aromatic rings. The fourth-order valence-electron chi connectivity index (χ4n) is 1.79. The van der Waals surface area contributed by atoms with Crippen LogP contribution in [0, 0.1) is 5.82 Å². The molecule has 0 aliphatic rings. The molecule has 0 saturated heterocycles. The van der Waals surface area contributed by atoms with Crippen molar-refractivity contribution in [3.05, 3.63) is 54.3 Å². The highest BCUT2D eigenvalue weighted by Gasteiger charge is 2.04. The number of hydrogen-bond acceptors (Lipinski definition) is 3. The molecule has 116 valence electrons. The van der Waals surface area contributed by atoms with Crippen molar-refractivity contribution in [2.75, 3.05) is 25.6 Å². The van der Waals surface area contributed by atoms with Crippen LogP contribution >= 0.6 is 12.2 Å². The lowest BCUT2D eigenvalue weighted by atomic mass is 10.3. The van der Waals surface area contributed by atoms with E-state index < -0.39 is 0 Å². The van der Waals surface area contributed by atoms with Crippen molar-refractivity contribution in [1.82, 2.24) is 5.32 Å². The second-order valence-electron chi connectivity index (χ2n) is 4.36. The fourth-order valence-corrected chi connectivity index (χ4v) is 2.00. The Hall–Kier alpha value is -2.34. The molecular formula is C16H17FN2O2S. The van der Waals surface area contributed by atoms with Crippen LogP contribution in [0.3, 0.4) is 0 Å². The van der Waals surface area contributed by atoms with Gasteiger partial charge in [0.25, 0.3) is 0 Å². The summed E-state index contributed by atoms with van der Waals surface area (Å²) >= 11 is 5.11. The third-order valence-electron chi connectivity index (χ3n) is 2.84. The number of ether oxygens (including phenoxy) is 2. The zero-order valence-electron chi connectivity index (χ0n) is 12.1. The van der Waals surface area contributed by atoms with Gasteiger partial charge in [0.05, 0.1) is 19.3 Å². The molecule has 2 rings (SSSR count). The van der Waals surface area contributed by atoms with Gasteiger partial charge in [-0.1, -0.05) is 24.3 Å². The summed E-state index contributed by atoms with van der Waals surface area (Å²) in [6.45, 7) is 0.887. The van der Waals surface area contributed by atoms with Gasteiger partial charge in [-0.3, -0.25) is 0 Å². The normalized spacial score (nSPS) is 9.91. The van der Waals surface area contributed by atoms with E-state index >= 15 is 0 Å². The smallest absolute Gasteiger partial charge is 0.170 e. The molecule has 0 saturated carbocycles. The van der Waals surface area contributed by atoms with Crippen molar-refractivity contribution in [1.29, 1.82) is 0 Å². The maximum absolute atomic E-state index is 13.5. The quantitative estimate of drug-likeness (QED) is 0.632. The van der Waals surface area contributed by atoms with E-state index in [1.165, 1.54) is 6.07 Å². The van der Waals surface area contributed by atoms with Crippen LogP contribution in [0.15, 0.2) is 48.5 Å². The van der Waals surface area contributed by atoms with Crippen LogP contribution in [-0.4, -0.2) is 25.4 Å². The monoisotopic (exact) mass is 320 g/mol. The van der Waals surface area contributed by atoms with E-state index in [9.17, 15) is 4.39 Å². The standard InChI is InChI=1S/C16H17FN2O2S/c1-20-14-8-4-5-9-15(14)21-11-10-18-16(22)19-13-7-3-2-6-12(13)17/h2-9H,10-11H2,1H3,(H2,18,19,22). The first kappa shape index (κ1) is 16.0. The third-order valence-corrected chi connectivity index (χ3v) is 3.08. The van der Waals surface area contributed by atoms with Crippen molar-refractivity contribution in [3.8, 4) is 11.5 Å². The number of para-hydroxylation sites is 3. The minimum absolute atomic E-state index is 0.339. The second kappa shape index (κ2) is 8.19. The van der Waals surface area contributed by atoms with Gasteiger partial charge in [-0.05, 0) is 36.5 Å². The van der Waals surface area contributed by atoms with Gasteiger partial charge in [0.2, 0.25) is 0 Å². The summed E-state index contributed by atoms with van der Waals surface area (Å²) in [6, 6.07) is 13.7. The first-order chi connectivity index (χ1) is 10.7. The summed E-state index contributed by atoms with van der Waals surface area (Å²) < 4.78 is 24.2. The van der Waals surface area contributed by atoms with Crippen molar-refractivity contribution >= 4 is 23.0 Å². The Balaban J connectivity index is 1.75. The minimum atomic E-state index is -0.350. The summed E-state index contributed by atoms with van der Waals surface area (Å²) in [4.78, 5) is 0. The maximum atomic E-state index is 13.5. The van der Waals surface area contributed by atoms with Gasteiger partial charge < -0.3 is 20.1 Å². The molecule has 0 spiro atoms. The van der Waals surface area contributed by atoms with Crippen LogP contribution < -0.4 is 20.1 Å². The summed E-state index contributed by atoms with van der Waals surface area (Å²) in [5.74, 6) is 0.992. The number of anilines is 1. The zero-order valence-corrected chi connectivity index (χ0v) is 13.0. The average molecular weight is 320 g/mol. The molecule has 0 aliphatic heterocycles. The highest BCUT2D eigenvalue weighted by Crippen LogP contribution is 2.25. The molecule has 0 radical (unpaired) electrons. The van der Waals surface area contributed by atoms with Crippen LogP contribution in [0.4, 0.5) is 10.1 Å². The molecule has 0 aromatic heterocycles. The van der Waals surface area contributed by atoms with E-state index in [1.54, 1.807) is 25.3 Å². The lowest BCUT2D eigenvalue weighted by Crippen LogP contribution is -2.32. The largest absolute Gasteiger partial charge is 0.493 e. The zero-order chi connectivity index (χ0) is 15.8. The number of halogens is 1. The number of nitrogens with one attached hydrogen (secondary N) is 2. The van der Waals surface area contributed by atoms with E-state index in [-0.39, 0.29) is 5.82 Å². The maximum Gasteiger partial charge on any atom is 0.170 e. The second-order valence-corrected chi connectivity index (χ2v) is 4.77. The van der Waals surface area contributed by atoms with Crippen LogP contribution in [-0.2, 0) is 0 Å². The van der Waals surface area contributed by atoms with Crippen molar-refractivity contribution in [2.24, 2.45) is 0 Å². The Morgan fingerprint density at radius 2 is 1.77 bits per heavy atom. The van der Waals surface area contributed by atoms with Gasteiger partial charge in [-0.2, -0.15) is 0 Å². The van der Waals surface area contributed by atoms with E-state index in [0.29, 0.717) is 35.5 Å². The first-order valence-corrected chi connectivity index (χ1v) is 7.16. The molecule has 0 atom stereocenters. The molecule has 6 heteroatoms. The number of methoxy groups -OCH3 is 1. The topological polar surface area (TPSA) is 42.5 Å². The molecule has 22 heavy (non-hydrogen) atoms. The van der Waals surface area contributed by atoms with Crippen LogP contribution in [0.1, 0.15) is 0 Å². The summed E-state index contributed by atoms with van der Waals surface area (Å²) in [6.07, 6.45) is 0. The van der Waals surface area contributed by atoms with Crippen molar-refractivity contribution in [3.63, 3.8) is 0 Å². The summed E-state index contributed by atoms with van der Waals surface area (Å²) in [5.41, 5.74) is 0.339. The Bertz CT molecular complexity index is 637. The minimum Gasteiger partial charge on any atom is -0.493 e. The van der Waals surface area contributed by atoms with Gasteiger partial charge in [0.1, 0.15) is 12.4 Å². The van der Waals surface area contributed by atoms with Crippen LogP contribution in [0.2, 0.25) is 0 Å². The van der Waals surface area contributed by atoms with Gasteiger partial charge in [-0.15, -0.1) is 0 Å². The molecule has 2 N–H and O–H groups in total. The highest BCUT2D eigenvalue weighted by atomic mass is 32.1. The van der Waals surface area contributed by atoms with Crippen molar-refractivity contribution in [2.45, 2.75) is 0 Å². The number of benzene rings is 2. The predicted molar refractivity (Wildman–Crippen MR) is 89.1 cm³/mol. The fraction of sp³-hybridized carbons (Fsp3) is 0.188. The lowest BCUT2D eigenvalue weighted by Gasteiger charge is -2.13. The third kappa shape index (κ3) is 4.60. The van der Waals surface area contributed by atoms with E-state index in [4.69, 9.17) is 21.7 Å². The van der Waals surface area contributed by atoms with E-state index in [0.717, 1.165) is 0 Å². The molecule has 4 nitrogen and oxygen atoms in total. The Kier molecular flexibility index (Phi) is 5.97. The van der Waals surface area contributed by atoms with Gasteiger partial charge in [0, 0.05) is 0 Å². The summed E-state index contributed by atoms with van der Waals surface area (Å²) in [5, 5.41) is 6.09. The van der Waals surface area contributed by atoms with Crippen molar-refractivity contribution < 1.29 is 13.9 Å². The SMILES string of the molecule is COc1ccccc1OCCNC(=S)Nc1ccccc1F. The molecule has 0 amide bonds. The Labute approximate surface area is 134 Å². The molecule has 0 bridgehead atoms. The molecule has 0 fully saturated rings. The lowest BCUT2D eigenvalue weighted by molar-refractivity contribution is 0.298. The van der Waals surface area contributed by atoms with E-state index in [1.807, 2.05) is 24.3 Å². The number of hydrogen-bond donors (Lipinski definition) is 2. The predicted octanol–water partition coefficient (Wildman–Crippen LogP) is 3.20. The van der Waals surface area contributed by atoms with Gasteiger partial charge >= 0.3 is 0 Å². The molecule has 0 aliphatic carbocycles. The molecular weight excluding hydrogens is 303 g/mol. The Morgan fingerprint density at radius 1 is 1.09 bits per heavy atom. The molecule has 0 unspecified atom stereocenters. The Morgan fingerprint density at radius 3 is 2.50 bits per heavy atom. The number of thiocarbonyl (C=S) groups is 1. The van der Waals surface area contributed by atoms with Crippen LogP contribution in [0.5, 0.6) is 11.5 Å². The molecule has 2 aromatic carbocycles. The average Bonchev–Trinajstić information content (AvgIpc) is 2.54. The number of rotatable bonds is 6. The summed E-state index contributed by atoms with van der Waals surface area (Å²) in [7, 11) is 1.59. The highest BCUT2D eigenvalue weighted by molar-refractivity contribution is 7.80.